The molecule has 3 aliphatic rings. The predicted octanol–water partition coefficient (Wildman–Crippen LogP) is 5.00. The Kier molecular flexibility index (Phi) is 8.34. The fourth-order valence-electron chi connectivity index (χ4n) is 6.19. The van der Waals surface area contributed by atoms with Crippen molar-refractivity contribution in [2.75, 3.05) is 32.7 Å². The summed E-state index contributed by atoms with van der Waals surface area (Å²) in [6, 6.07) is 8.06. The van der Waals surface area contributed by atoms with Crippen molar-refractivity contribution in [3.63, 3.8) is 0 Å². The summed E-state index contributed by atoms with van der Waals surface area (Å²) >= 11 is 0. The first-order chi connectivity index (χ1) is 16.3. The lowest BCUT2D eigenvalue weighted by Gasteiger charge is -2.41. The van der Waals surface area contributed by atoms with Gasteiger partial charge in [0.2, 0.25) is 5.91 Å². The fraction of sp³-hybridized carbons (Fsp3) is 0.724. The summed E-state index contributed by atoms with van der Waals surface area (Å²) in [4.78, 5) is 30.9. The van der Waals surface area contributed by atoms with Crippen molar-refractivity contribution >= 4 is 11.8 Å². The third-order valence-electron chi connectivity index (χ3n) is 8.40. The van der Waals surface area contributed by atoms with E-state index < -0.39 is 0 Å². The van der Waals surface area contributed by atoms with Crippen molar-refractivity contribution < 1.29 is 9.59 Å². The van der Waals surface area contributed by atoms with Gasteiger partial charge in [0.1, 0.15) is 0 Å². The third-order valence-corrected chi connectivity index (χ3v) is 8.40. The molecular formula is C29H45N3O2. The number of hydrogen-bond acceptors (Lipinski definition) is 3. The first-order valence-electron chi connectivity index (χ1n) is 13.7. The lowest BCUT2D eigenvalue weighted by Crippen LogP contribution is -2.58. The Hall–Kier alpha value is -1.88. The molecule has 2 amide bonds. The van der Waals surface area contributed by atoms with Crippen LogP contribution in [0.25, 0.3) is 0 Å². The highest BCUT2D eigenvalue weighted by Crippen LogP contribution is 2.31. The monoisotopic (exact) mass is 467 g/mol. The Morgan fingerprint density at radius 1 is 0.882 bits per heavy atom. The van der Waals surface area contributed by atoms with E-state index in [0.29, 0.717) is 24.9 Å². The topological polar surface area (TPSA) is 52.7 Å². The Bertz CT molecular complexity index is 809. The molecule has 0 bridgehead atoms. The van der Waals surface area contributed by atoms with E-state index in [1.165, 1.54) is 50.5 Å². The number of rotatable bonds is 6. The quantitative estimate of drug-likeness (QED) is 0.641. The summed E-state index contributed by atoms with van der Waals surface area (Å²) in [5.41, 5.74) is 2.09. The zero-order chi connectivity index (χ0) is 24.1. The van der Waals surface area contributed by atoms with E-state index in [1.54, 1.807) is 0 Å². The lowest BCUT2D eigenvalue weighted by atomic mass is 9.86. The summed E-state index contributed by atoms with van der Waals surface area (Å²) in [5.74, 6) is 1.45. The Morgan fingerprint density at radius 2 is 1.47 bits per heavy atom. The zero-order valence-electron chi connectivity index (χ0n) is 21.7. The van der Waals surface area contributed by atoms with Gasteiger partial charge in [-0.2, -0.15) is 0 Å². The first-order valence-corrected chi connectivity index (χ1v) is 13.7. The number of benzene rings is 1. The van der Waals surface area contributed by atoms with E-state index in [2.05, 4.69) is 43.1 Å². The molecule has 1 saturated heterocycles. The van der Waals surface area contributed by atoms with Gasteiger partial charge in [-0.15, -0.1) is 0 Å². The molecule has 1 heterocycles. The number of amides is 2. The van der Waals surface area contributed by atoms with E-state index in [1.807, 2.05) is 17.0 Å². The van der Waals surface area contributed by atoms with Crippen molar-refractivity contribution in [2.45, 2.75) is 90.0 Å². The molecule has 0 spiro atoms. The first kappa shape index (κ1) is 25.2. The van der Waals surface area contributed by atoms with Crippen molar-refractivity contribution in [3.05, 3.63) is 35.4 Å². The highest BCUT2D eigenvalue weighted by atomic mass is 16.2. The predicted molar refractivity (Wildman–Crippen MR) is 138 cm³/mol. The van der Waals surface area contributed by atoms with E-state index >= 15 is 0 Å². The van der Waals surface area contributed by atoms with Crippen LogP contribution < -0.4 is 5.32 Å². The Labute approximate surface area is 206 Å². The standard InChI is InChI=1S/C29H45N3O2/c1-29(2,3)25-15-13-24(14-16-25)28(34)32-19-17-31(18-20-32)26(23-11-7-8-12-23)27(33)30-21-22-9-5-4-6-10-22/h13-16,22-23,26H,4-12,17-21H2,1-3H3,(H,30,33)/t26-/m0/s1. The molecule has 1 aliphatic heterocycles. The second kappa shape index (κ2) is 11.2. The summed E-state index contributed by atoms with van der Waals surface area (Å²) in [7, 11) is 0. The largest absolute Gasteiger partial charge is 0.354 e. The minimum atomic E-state index is -0.0330. The third kappa shape index (κ3) is 6.21. The Balaban J connectivity index is 1.34. The number of carbonyl (C=O) groups is 2. The molecule has 188 valence electrons. The molecule has 0 aromatic heterocycles. The SMILES string of the molecule is CC(C)(C)c1ccc(C(=O)N2CCN([C@H](C(=O)NCC3CCCCC3)C3CCCC3)CC2)cc1. The zero-order valence-corrected chi connectivity index (χ0v) is 21.7. The van der Waals surface area contributed by atoms with Gasteiger partial charge < -0.3 is 10.2 Å². The number of hydrogen-bond donors (Lipinski definition) is 1. The summed E-state index contributed by atoms with van der Waals surface area (Å²) in [6.45, 7) is 10.4. The van der Waals surface area contributed by atoms with Crippen LogP contribution in [0.3, 0.4) is 0 Å². The molecule has 1 aromatic carbocycles. The molecule has 3 fully saturated rings. The highest BCUT2D eigenvalue weighted by molar-refractivity contribution is 5.94. The van der Waals surface area contributed by atoms with E-state index in [0.717, 1.165) is 38.0 Å². The van der Waals surface area contributed by atoms with Crippen molar-refractivity contribution in [1.29, 1.82) is 0 Å². The van der Waals surface area contributed by atoms with Gasteiger partial charge >= 0.3 is 0 Å². The summed E-state index contributed by atoms with van der Waals surface area (Å²) in [6.07, 6.45) is 11.3. The van der Waals surface area contributed by atoms with Gasteiger partial charge in [0.15, 0.2) is 0 Å². The van der Waals surface area contributed by atoms with Crippen LogP contribution >= 0.6 is 0 Å². The molecule has 1 N–H and O–H groups in total. The number of nitrogens with one attached hydrogen (secondary N) is 1. The van der Waals surface area contributed by atoms with E-state index in [9.17, 15) is 9.59 Å². The van der Waals surface area contributed by atoms with Crippen LogP contribution in [0, 0.1) is 11.8 Å². The molecule has 4 rings (SSSR count). The van der Waals surface area contributed by atoms with Crippen LogP contribution in [0.5, 0.6) is 0 Å². The molecule has 0 radical (unpaired) electrons. The van der Waals surface area contributed by atoms with Crippen molar-refractivity contribution in [3.8, 4) is 0 Å². The molecule has 2 saturated carbocycles. The van der Waals surface area contributed by atoms with E-state index in [4.69, 9.17) is 0 Å². The second-order valence-corrected chi connectivity index (χ2v) is 11.9. The smallest absolute Gasteiger partial charge is 0.253 e. The van der Waals surface area contributed by atoms with Crippen LogP contribution in [0.2, 0.25) is 0 Å². The average Bonchev–Trinajstić information content (AvgIpc) is 3.37. The lowest BCUT2D eigenvalue weighted by molar-refractivity contribution is -0.129. The minimum Gasteiger partial charge on any atom is -0.354 e. The molecule has 0 unspecified atom stereocenters. The van der Waals surface area contributed by atoms with Gasteiger partial charge in [0.05, 0.1) is 6.04 Å². The van der Waals surface area contributed by atoms with Crippen LogP contribution in [0.1, 0.15) is 94.5 Å². The highest BCUT2D eigenvalue weighted by Gasteiger charge is 2.37. The van der Waals surface area contributed by atoms with Crippen LogP contribution in [0.15, 0.2) is 24.3 Å². The molecule has 1 aromatic rings. The van der Waals surface area contributed by atoms with Gasteiger partial charge in [-0.25, -0.2) is 0 Å². The molecule has 5 heteroatoms. The second-order valence-electron chi connectivity index (χ2n) is 11.9. The van der Waals surface area contributed by atoms with Crippen molar-refractivity contribution in [1.82, 2.24) is 15.1 Å². The fourth-order valence-corrected chi connectivity index (χ4v) is 6.19. The average molecular weight is 468 g/mol. The molecular weight excluding hydrogens is 422 g/mol. The maximum atomic E-state index is 13.4. The number of nitrogens with zero attached hydrogens (tertiary/aromatic N) is 2. The number of piperazine rings is 1. The maximum absolute atomic E-state index is 13.4. The maximum Gasteiger partial charge on any atom is 0.253 e. The molecule has 2 aliphatic carbocycles. The molecule has 5 nitrogen and oxygen atoms in total. The summed E-state index contributed by atoms with van der Waals surface area (Å²) < 4.78 is 0. The van der Waals surface area contributed by atoms with Crippen LogP contribution in [-0.2, 0) is 10.2 Å². The molecule has 34 heavy (non-hydrogen) atoms. The van der Waals surface area contributed by atoms with Gasteiger partial charge in [0.25, 0.3) is 5.91 Å². The van der Waals surface area contributed by atoms with Crippen LogP contribution in [-0.4, -0.2) is 60.4 Å². The number of carbonyl (C=O) groups excluding carboxylic acids is 2. The normalized spacial score (nSPS) is 22.0. The minimum absolute atomic E-state index is 0.0330. The van der Waals surface area contributed by atoms with Gasteiger partial charge in [0, 0.05) is 38.3 Å². The van der Waals surface area contributed by atoms with Gasteiger partial charge in [-0.1, -0.05) is 65.0 Å². The van der Waals surface area contributed by atoms with Crippen molar-refractivity contribution in [2.24, 2.45) is 11.8 Å². The van der Waals surface area contributed by atoms with Crippen LogP contribution in [0.4, 0.5) is 0 Å². The Morgan fingerprint density at radius 3 is 2.06 bits per heavy atom. The summed E-state index contributed by atoms with van der Waals surface area (Å²) in [5, 5.41) is 3.34. The van der Waals surface area contributed by atoms with E-state index in [-0.39, 0.29) is 23.3 Å². The van der Waals surface area contributed by atoms with Gasteiger partial charge in [-0.05, 0) is 60.6 Å². The van der Waals surface area contributed by atoms with Gasteiger partial charge in [-0.3, -0.25) is 14.5 Å². The molecule has 1 atom stereocenters.